The Bertz CT molecular complexity index is 862. The van der Waals surface area contributed by atoms with Crippen molar-refractivity contribution in [2.24, 2.45) is 0 Å². The van der Waals surface area contributed by atoms with Crippen LogP contribution in [0.1, 0.15) is 22.0 Å². The van der Waals surface area contributed by atoms with Crippen molar-refractivity contribution in [2.75, 3.05) is 45.6 Å². The Morgan fingerprint density at radius 3 is 2.69 bits per heavy atom. The summed E-state index contributed by atoms with van der Waals surface area (Å²) in [5.41, 5.74) is 1.94. The van der Waals surface area contributed by atoms with Crippen LogP contribution in [0.25, 0.3) is 0 Å². The first kappa shape index (κ1) is 22.8. The van der Waals surface area contributed by atoms with Crippen LogP contribution < -0.4 is 10.6 Å². The highest BCUT2D eigenvalue weighted by Gasteiger charge is 2.25. The number of anilines is 1. The summed E-state index contributed by atoms with van der Waals surface area (Å²) >= 11 is 0. The summed E-state index contributed by atoms with van der Waals surface area (Å²) in [4.78, 5) is 28.2. The zero-order chi connectivity index (χ0) is 20.1. The molecule has 3 rings (SSSR count). The van der Waals surface area contributed by atoms with Gasteiger partial charge in [0.1, 0.15) is 5.82 Å². The third-order valence-corrected chi connectivity index (χ3v) is 4.73. The van der Waals surface area contributed by atoms with Crippen LogP contribution in [-0.4, -0.2) is 61.9 Å². The van der Waals surface area contributed by atoms with Crippen molar-refractivity contribution in [3.63, 3.8) is 0 Å². The lowest BCUT2D eigenvalue weighted by atomic mass is 10.0. The number of benzene rings is 2. The van der Waals surface area contributed by atoms with Gasteiger partial charge in [-0.1, -0.05) is 18.2 Å². The number of rotatable bonds is 5. The Morgan fingerprint density at radius 2 is 1.97 bits per heavy atom. The molecule has 1 aliphatic heterocycles. The van der Waals surface area contributed by atoms with E-state index >= 15 is 0 Å². The van der Waals surface area contributed by atoms with Crippen LogP contribution in [0.2, 0.25) is 0 Å². The van der Waals surface area contributed by atoms with E-state index in [0.717, 1.165) is 12.1 Å². The molecule has 0 radical (unpaired) electrons. The van der Waals surface area contributed by atoms with Gasteiger partial charge in [-0.05, 0) is 35.9 Å². The molecular weight excluding hydrogens is 395 g/mol. The second kappa shape index (κ2) is 10.3. The van der Waals surface area contributed by atoms with Crippen molar-refractivity contribution in [3.05, 3.63) is 65.5 Å². The fourth-order valence-corrected chi connectivity index (χ4v) is 3.35. The number of hydrogen-bond donors (Lipinski definition) is 2. The van der Waals surface area contributed by atoms with Crippen molar-refractivity contribution in [2.45, 2.75) is 6.04 Å². The summed E-state index contributed by atoms with van der Waals surface area (Å²) in [6, 6.07) is 13.3. The van der Waals surface area contributed by atoms with Crippen LogP contribution >= 0.6 is 12.4 Å². The summed E-state index contributed by atoms with van der Waals surface area (Å²) in [7, 11) is 3.37. The molecule has 1 saturated heterocycles. The molecule has 1 aliphatic rings. The Labute approximate surface area is 176 Å². The van der Waals surface area contributed by atoms with Gasteiger partial charge in [0, 0.05) is 51.0 Å². The summed E-state index contributed by atoms with van der Waals surface area (Å²) in [5.74, 6) is -0.572. The van der Waals surface area contributed by atoms with E-state index in [1.165, 1.54) is 17.0 Å². The summed E-state index contributed by atoms with van der Waals surface area (Å²) in [6.45, 7) is 2.30. The minimum Gasteiger partial charge on any atom is -0.345 e. The number of hydrogen-bond acceptors (Lipinski definition) is 4. The molecule has 2 aromatic rings. The number of carbonyl (C=O) groups is 2. The molecule has 2 amide bonds. The average Bonchev–Trinajstić information content (AvgIpc) is 2.68. The number of halogens is 2. The highest BCUT2D eigenvalue weighted by Crippen LogP contribution is 2.23. The van der Waals surface area contributed by atoms with E-state index in [1.54, 1.807) is 44.4 Å². The Hall–Kier alpha value is -2.48. The van der Waals surface area contributed by atoms with Crippen LogP contribution in [0.3, 0.4) is 0 Å². The topological polar surface area (TPSA) is 64.7 Å². The molecule has 0 saturated carbocycles. The summed E-state index contributed by atoms with van der Waals surface area (Å²) in [5, 5.41) is 6.16. The van der Waals surface area contributed by atoms with Gasteiger partial charge in [-0.15, -0.1) is 12.4 Å². The third kappa shape index (κ3) is 6.00. The normalized spacial score (nSPS) is 16.6. The molecule has 1 fully saturated rings. The van der Waals surface area contributed by atoms with Gasteiger partial charge >= 0.3 is 0 Å². The van der Waals surface area contributed by atoms with Crippen molar-refractivity contribution >= 4 is 29.9 Å². The van der Waals surface area contributed by atoms with Crippen molar-refractivity contribution < 1.29 is 14.0 Å². The van der Waals surface area contributed by atoms with Gasteiger partial charge in [-0.25, -0.2) is 4.39 Å². The van der Waals surface area contributed by atoms with Crippen molar-refractivity contribution in [1.29, 1.82) is 0 Å². The molecule has 0 spiro atoms. The Kier molecular flexibility index (Phi) is 8.13. The van der Waals surface area contributed by atoms with Crippen molar-refractivity contribution in [3.8, 4) is 0 Å². The van der Waals surface area contributed by atoms with E-state index in [4.69, 9.17) is 0 Å². The highest BCUT2D eigenvalue weighted by molar-refractivity contribution is 5.97. The Morgan fingerprint density at radius 1 is 1.21 bits per heavy atom. The zero-order valence-electron chi connectivity index (χ0n) is 16.5. The first-order valence-corrected chi connectivity index (χ1v) is 9.26. The van der Waals surface area contributed by atoms with Crippen LogP contribution in [0, 0.1) is 5.82 Å². The third-order valence-electron chi connectivity index (χ3n) is 4.73. The molecule has 0 aromatic heterocycles. The molecular formula is C21H26ClFN4O2. The average molecular weight is 421 g/mol. The maximum absolute atomic E-state index is 13.6. The Balaban J connectivity index is 0.00000300. The molecule has 0 bridgehead atoms. The van der Waals surface area contributed by atoms with Gasteiger partial charge in [-0.3, -0.25) is 14.5 Å². The van der Waals surface area contributed by atoms with E-state index in [0.29, 0.717) is 24.3 Å². The van der Waals surface area contributed by atoms with Crippen molar-refractivity contribution in [1.82, 2.24) is 15.1 Å². The number of amides is 2. The molecule has 156 valence electrons. The second-order valence-corrected chi connectivity index (χ2v) is 7.07. The number of nitrogens with one attached hydrogen (secondary N) is 2. The molecule has 1 unspecified atom stereocenters. The zero-order valence-corrected chi connectivity index (χ0v) is 17.3. The van der Waals surface area contributed by atoms with Crippen LogP contribution in [-0.2, 0) is 4.79 Å². The lowest BCUT2D eigenvalue weighted by molar-refractivity contribution is -0.118. The van der Waals surface area contributed by atoms with Gasteiger partial charge in [0.2, 0.25) is 5.91 Å². The van der Waals surface area contributed by atoms with E-state index < -0.39 is 0 Å². The second-order valence-electron chi connectivity index (χ2n) is 7.07. The van der Waals surface area contributed by atoms with Crippen LogP contribution in [0.5, 0.6) is 0 Å². The molecule has 1 heterocycles. The van der Waals surface area contributed by atoms with Gasteiger partial charge in [0.05, 0.1) is 6.54 Å². The number of carbonyl (C=O) groups excluding carboxylic acids is 2. The predicted molar refractivity (Wildman–Crippen MR) is 114 cm³/mol. The fourth-order valence-electron chi connectivity index (χ4n) is 3.35. The minimum atomic E-state index is -0.283. The maximum Gasteiger partial charge on any atom is 0.253 e. The van der Waals surface area contributed by atoms with E-state index in [2.05, 4.69) is 10.6 Å². The standard InChI is InChI=1S/C21H25FN4O2.ClH/c1-25(2)21(28)16-6-4-8-18(12-16)24-20(27)14-26-10-9-23-13-19(26)15-5-3-7-17(22)11-15;/h3-8,11-12,19,23H,9-10,13-14H2,1-2H3,(H,24,27);1H. The molecule has 6 nitrogen and oxygen atoms in total. The lowest BCUT2D eigenvalue weighted by Gasteiger charge is -2.36. The smallest absolute Gasteiger partial charge is 0.253 e. The first-order valence-electron chi connectivity index (χ1n) is 9.26. The largest absolute Gasteiger partial charge is 0.345 e. The van der Waals surface area contributed by atoms with E-state index in [9.17, 15) is 14.0 Å². The molecule has 2 N–H and O–H groups in total. The molecule has 0 aliphatic carbocycles. The SMILES string of the molecule is CN(C)C(=O)c1cccc(NC(=O)CN2CCNCC2c2cccc(F)c2)c1.Cl. The van der Waals surface area contributed by atoms with Crippen LogP contribution in [0.4, 0.5) is 10.1 Å². The summed E-state index contributed by atoms with van der Waals surface area (Å²) in [6.07, 6.45) is 0. The maximum atomic E-state index is 13.6. The van der Waals surface area contributed by atoms with Gasteiger partial charge in [0.15, 0.2) is 0 Å². The first-order chi connectivity index (χ1) is 13.4. The number of nitrogens with zero attached hydrogens (tertiary/aromatic N) is 2. The van der Waals surface area contributed by atoms with Crippen LogP contribution in [0.15, 0.2) is 48.5 Å². The van der Waals surface area contributed by atoms with Gasteiger partial charge in [0.25, 0.3) is 5.91 Å². The lowest BCUT2D eigenvalue weighted by Crippen LogP contribution is -2.48. The van der Waals surface area contributed by atoms with Gasteiger partial charge < -0.3 is 15.5 Å². The quantitative estimate of drug-likeness (QED) is 0.780. The molecule has 1 atom stereocenters. The molecule has 2 aromatic carbocycles. The highest BCUT2D eigenvalue weighted by atomic mass is 35.5. The van der Waals surface area contributed by atoms with Gasteiger partial charge in [-0.2, -0.15) is 0 Å². The molecule has 8 heteroatoms. The monoisotopic (exact) mass is 420 g/mol. The predicted octanol–water partition coefficient (Wildman–Crippen LogP) is 2.53. The van der Waals surface area contributed by atoms with E-state index in [-0.39, 0.29) is 42.6 Å². The fraction of sp³-hybridized carbons (Fsp3) is 0.333. The van der Waals surface area contributed by atoms with E-state index in [1.807, 2.05) is 11.0 Å². The minimum absolute atomic E-state index is 0. The summed E-state index contributed by atoms with van der Waals surface area (Å²) < 4.78 is 13.6. The number of piperazine rings is 1. The molecule has 29 heavy (non-hydrogen) atoms.